The van der Waals surface area contributed by atoms with Crippen molar-refractivity contribution in [2.24, 2.45) is 0 Å². The van der Waals surface area contributed by atoms with E-state index < -0.39 is 0 Å². The van der Waals surface area contributed by atoms with Crippen LogP contribution in [0.3, 0.4) is 0 Å². The van der Waals surface area contributed by atoms with Gasteiger partial charge in [0.1, 0.15) is 0 Å². The number of rotatable bonds is 4. The Balaban J connectivity index is 1.95. The Kier molecular flexibility index (Phi) is 9.16. The molecule has 2 aromatic rings. The first-order chi connectivity index (χ1) is 16.2. The first kappa shape index (κ1) is 26.2. The molecule has 2 aromatic carbocycles. The molecule has 0 N–H and O–H groups in total. The molecule has 0 radical (unpaired) electrons. The van der Waals surface area contributed by atoms with Gasteiger partial charge in [-0.05, 0) is 117 Å². The van der Waals surface area contributed by atoms with E-state index in [0.717, 1.165) is 39.0 Å². The summed E-state index contributed by atoms with van der Waals surface area (Å²) in [6, 6.07) is 20.5. The summed E-state index contributed by atoms with van der Waals surface area (Å²) in [5.41, 5.74) is 5.31. The van der Waals surface area contributed by atoms with Gasteiger partial charge in [-0.2, -0.15) is 0 Å². The van der Waals surface area contributed by atoms with Gasteiger partial charge in [0.15, 0.2) is 0 Å². The first-order valence-corrected chi connectivity index (χ1v) is 13.5. The average molecular weight is 465 g/mol. The summed E-state index contributed by atoms with van der Waals surface area (Å²) in [5.74, 6) is 0. The van der Waals surface area contributed by atoms with E-state index in [4.69, 9.17) is 0 Å². The zero-order valence-corrected chi connectivity index (χ0v) is 23.0. The first-order valence-electron chi connectivity index (χ1n) is 13.5. The molecule has 0 fully saturated rings. The second kappa shape index (κ2) is 11.9. The number of hydrogen-bond acceptors (Lipinski definition) is 4. The summed E-state index contributed by atoms with van der Waals surface area (Å²) in [4.78, 5) is 10.2. The third-order valence-electron chi connectivity index (χ3n) is 7.12. The Bertz CT molecular complexity index is 711. The number of nitrogens with zero attached hydrogens (tertiary/aromatic N) is 4. The van der Waals surface area contributed by atoms with Gasteiger partial charge < -0.3 is 19.6 Å². The zero-order valence-electron chi connectivity index (χ0n) is 23.0. The topological polar surface area (TPSA) is 13.0 Å². The van der Waals surface area contributed by atoms with E-state index in [1.807, 2.05) is 0 Å². The van der Waals surface area contributed by atoms with Crippen LogP contribution in [0.25, 0.3) is 0 Å². The molecule has 0 aliphatic carbocycles. The average Bonchev–Trinajstić information content (AvgIpc) is 2.78. The SMILES string of the molecule is CC(C)N1CCCN(C(C)C)c2ccc(cc2)N(C(C)C)CCCN(C(C)C)c2ccc1cc2. The Hall–Kier alpha value is -2.36. The highest BCUT2D eigenvalue weighted by atomic mass is 15.2. The Labute approximate surface area is 209 Å². The van der Waals surface area contributed by atoms with Crippen LogP contribution < -0.4 is 19.6 Å². The van der Waals surface area contributed by atoms with Crippen LogP contribution in [0.15, 0.2) is 48.5 Å². The van der Waals surface area contributed by atoms with E-state index in [0.29, 0.717) is 24.2 Å². The molecule has 4 heteroatoms. The summed E-state index contributed by atoms with van der Waals surface area (Å²) in [7, 11) is 0. The summed E-state index contributed by atoms with van der Waals surface area (Å²) >= 11 is 0. The molecule has 4 nitrogen and oxygen atoms in total. The third kappa shape index (κ3) is 6.40. The molecule has 0 unspecified atom stereocenters. The Morgan fingerprint density at radius 3 is 0.706 bits per heavy atom. The maximum atomic E-state index is 2.55. The van der Waals surface area contributed by atoms with Crippen molar-refractivity contribution in [3.63, 3.8) is 0 Å². The van der Waals surface area contributed by atoms with Gasteiger partial charge >= 0.3 is 0 Å². The molecule has 0 aromatic heterocycles. The van der Waals surface area contributed by atoms with Crippen LogP contribution in [0.1, 0.15) is 68.2 Å². The van der Waals surface area contributed by atoms with Crippen molar-refractivity contribution in [3.05, 3.63) is 48.5 Å². The normalized spacial score (nSPS) is 16.4. The van der Waals surface area contributed by atoms with E-state index >= 15 is 0 Å². The summed E-state index contributed by atoms with van der Waals surface area (Å²) in [6.07, 6.45) is 2.27. The molecule has 34 heavy (non-hydrogen) atoms. The maximum Gasteiger partial charge on any atom is 0.0370 e. The van der Waals surface area contributed by atoms with Crippen molar-refractivity contribution in [2.75, 3.05) is 45.8 Å². The molecule has 0 spiro atoms. The molecular weight excluding hydrogens is 416 g/mol. The van der Waals surface area contributed by atoms with Crippen molar-refractivity contribution in [1.82, 2.24) is 0 Å². The third-order valence-corrected chi connectivity index (χ3v) is 7.12. The highest BCUT2D eigenvalue weighted by molar-refractivity contribution is 5.59. The van der Waals surface area contributed by atoms with Crippen LogP contribution >= 0.6 is 0 Å². The minimum Gasteiger partial charge on any atom is -0.369 e. The van der Waals surface area contributed by atoms with Crippen LogP contribution in [0.4, 0.5) is 22.7 Å². The van der Waals surface area contributed by atoms with E-state index in [2.05, 4.69) is 124 Å². The zero-order chi connectivity index (χ0) is 24.8. The second-order valence-corrected chi connectivity index (χ2v) is 10.9. The summed E-state index contributed by atoms with van der Waals surface area (Å²) in [6.45, 7) is 22.7. The van der Waals surface area contributed by atoms with E-state index in [9.17, 15) is 0 Å². The van der Waals surface area contributed by atoms with Crippen molar-refractivity contribution in [3.8, 4) is 0 Å². The smallest absolute Gasteiger partial charge is 0.0370 e. The number of hydrogen-bond donors (Lipinski definition) is 0. The van der Waals surface area contributed by atoms with Crippen molar-refractivity contribution < 1.29 is 0 Å². The van der Waals surface area contributed by atoms with Gasteiger partial charge in [0.05, 0.1) is 0 Å². The molecule has 4 aliphatic rings. The van der Waals surface area contributed by atoms with Crippen LogP contribution in [0, 0.1) is 0 Å². The van der Waals surface area contributed by atoms with Gasteiger partial charge in [0.2, 0.25) is 0 Å². The number of benzene rings is 2. The number of anilines is 4. The monoisotopic (exact) mass is 464 g/mol. The van der Waals surface area contributed by atoms with Gasteiger partial charge in [-0.1, -0.05) is 0 Å². The largest absolute Gasteiger partial charge is 0.369 e. The maximum absolute atomic E-state index is 2.55. The van der Waals surface area contributed by atoms with Gasteiger partial charge in [-0.25, -0.2) is 0 Å². The molecule has 4 heterocycles. The molecule has 4 aliphatic heterocycles. The quantitative estimate of drug-likeness (QED) is 0.481. The van der Waals surface area contributed by atoms with E-state index in [1.165, 1.54) is 22.7 Å². The lowest BCUT2D eigenvalue weighted by Gasteiger charge is -2.35. The predicted octanol–water partition coefficient (Wildman–Crippen LogP) is 7.04. The summed E-state index contributed by atoms with van der Waals surface area (Å²) in [5, 5.41) is 0. The van der Waals surface area contributed by atoms with Crippen molar-refractivity contribution in [2.45, 2.75) is 92.4 Å². The fraction of sp³-hybridized carbons (Fsp3) is 0.600. The molecule has 188 valence electrons. The van der Waals surface area contributed by atoms with Gasteiger partial charge in [0, 0.05) is 73.1 Å². The van der Waals surface area contributed by atoms with Crippen molar-refractivity contribution in [1.29, 1.82) is 0 Å². The molecule has 6 rings (SSSR count). The van der Waals surface area contributed by atoms with Crippen LogP contribution in [-0.2, 0) is 0 Å². The Morgan fingerprint density at radius 2 is 0.559 bits per heavy atom. The lowest BCUT2D eigenvalue weighted by Crippen LogP contribution is -2.38. The standard InChI is InChI=1S/C30H48N4/c1-23(2)31-19-9-20-32(24(3)4)29-15-17-30(18-16-29)34(26(7)8)22-10-21-33(25(5)6)28-13-11-27(31)12-14-28/h11-18,23-26H,9-10,19-22H2,1-8H3. The molecule has 0 atom stereocenters. The van der Waals surface area contributed by atoms with Gasteiger partial charge in [-0.3, -0.25) is 0 Å². The van der Waals surface area contributed by atoms with E-state index in [1.54, 1.807) is 0 Å². The van der Waals surface area contributed by atoms with Crippen LogP contribution in [0.5, 0.6) is 0 Å². The molecule has 0 amide bonds. The second-order valence-electron chi connectivity index (χ2n) is 10.9. The highest BCUT2D eigenvalue weighted by Gasteiger charge is 2.18. The molecule has 0 saturated carbocycles. The lowest BCUT2D eigenvalue weighted by molar-refractivity contribution is 0.608. The lowest BCUT2D eigenvalue weighted by atomic mass is 10.1. The summed E-state index contributed by atoms with van der Waals surface area (Å²) < 4.78 is 0. The van der Waals surface area contributed by atoms with Crippen LogP contribution in [-0.4, -0.2) is 50.3 Å². The molecule has 0 saturated heterocycles. The minimum atomic E-state index is 0.478. The van der Waals surface area contributed by atoms with Gasteiger partial charge in [0.25, 0.3) is 0 Å². The van der Waals surface area contributed by atoms with Crippen LogP contribution in [0.2, 0.25) is 0 Å². The Morgan fingerprint density at radius 1 is 0.382 bits per heavy atom. The van der Waals surface area contributed by atoms with Gasteiger partial charge in [-0.15, -0.1) is 0 Å². The molecular formula is C30H48N4. The fourth-order valence-electron chi connectivity index (χ4n) is 5.24. The predicted molar refractivity (Wildman–Crippen MR) is 152 cm³/mol. The highest BCUT2D eigenvalue weighted by Crippen LogP contribution is 2.27. The van der Waals surface area contributed by atoms with E-state index in [-0.39, 0.29) is 0 Å². The van der Waals surface area contributed by atoms with Crippen molar-refractivity contribution >= 4 is 22.7 Å². The minimum absolute atomic E-state index is 0.478. The molecule has 4 bridgehead atoms. The fourth-order valence-corrected chi connectivity index (χ4v) is 5.24.